The molecule has 0 saturated carbocycles. The lowest BCUT2D eigenvalue weighted by atomic mass is 10.0. The molecule has 0 spiro atoms. The van der Waals surface area contributed by atoms with Crippen LogP contribution in [0.4, 0.5) is 11.4 Å². The lowest BCUT2D eigenvalue weighted by Gasteiger charge is -2.28. The molecule has 1 N–H and O–H groups in total. The van der Waals surface area contributed by atoms with Gasteiger partial charge in [-0.3, -0.25) is 0 Å². The van der Waals surface area contributed by atoms with Crippen molar-refractivity contribution in [3.8, 4) is 0 Å². The van der Waals surface area contributed by atoms with Crippen molar-refractivity contribution in [3.63, 3.8) is 0 Å². The van der Waals surface area contributed by atoms with E-state index in [1.165, 1.54) is 55.9 Å². The number of nitrogens with zero attached hydrogens (tertiary/aromatic N) is 2. The van der Waals surface area contributed by atoms with Crippen molar-refractivity contribution in [3.05, 3.63) is 129 Å². The van der Waals surface area contributed by atoms with Crippen LogP contribution >= 0.6 is 0 Å². The van der Waals surface area contributed by atoms with Gasteiger partial charge in [-0.2, -0.15) is 0 Å². The van der Waals surface area contributed by atoms with Crippen molar-refractivity contribution in [2.75, 3.05) is 49.6 Å². The third-order valence-electron chi connectivity index (χ3n) is 8.04. The molecular formula is C41H59N3. The van der Waals surface area contributed by atoms with Crippen LogP contribution in [0.1, 0.15) is 65.3 Å². The lowest BCUT2D eigenvalue weighted by Crippen LogP contribution is -2.36. The van der Waals surface area contributed by atoms with Gasteiger partial charge < -0.3 is 15.1 Å². The van der Waals surface area contributed by atoms with Gasteiger partial charge in [0.25, 0.3) is 0 Å². The van der Waals surface area contributed by atoms with Crippen LogP contribution in [0.25, 0.3) is 0 Å². The van der Waals surface area contributed by atoms with E-state index in [1.54, 1.807) is 0 Å². The van der Waals surface area contributed by atoms with E-state index in [4.69, 9.17) is 0 Å². The number of nitrogens with one attached hydrogen (secondary N) is 1. The lowest BCUT2D eigenvalue weighted by molar-refractivity contribution is 0.657. The van der Waals surface area contributed by atoms with Crippen molar-refractivity contribution in [1.82, 2.24) is 5.32 Å². The summed E-state index contributed by atoms with van der Waals surface area (Å²) in [4.78, 5) is 4.87. The molecule has 0 aliphatic heterocycles. The van der Waals surface area contributed by atoms with Crippen molar-refractivity contribution >= 4 is 11.4 Å². The summed E-state index contributed by atoms with van der Waals surface area (Å²) in [6.45, 7) is 24.9. The summed E-state index contributed by atoms with van der Waals surface area (Å²) >= 11 is 0. The first-order valence-corrected chi connectivity index (χ1v) is 16.5. The van der Waals surface area contributed by atoms with Gasteiger partial charge in [-0.05, 0) is 94.7 Å². The maximum absolute atomic E-state index is 3.64. The Morgan fingerprint density at radius 2 is 0.909 bits per heavy atom. The minimum absolute atomic E-state index is 0.993. The molecule has 4 aromatic rings. The molecule has 0 aliphatic carbocycles. The third kappa shape index (κ3) is 12.2. The highest BCUT2D eigenvalue weighted by molar-refractivity contribution is 5.61. The molecule has 44 heavy (non-hydrogen) atoms. The number of hydrogen-bond acceptors (Lipinski definition) is 3. The molecule has 0 atom stereocenters. The van der Waals surface area contributed by atoms with Crippen LogP contribution in [0.3, 0.4) is 0 Å². The summed E-state index contributed by atoms with van der Waals surface area (Å²) in [6, 6.07) is 30.0. The Labute approximate surface area is 270 Å². The predicted molar refractivity (Wildman–Crippen MR) is 197 cm³/mol. The number of aryl methyl sites for hydroxylation is 8. The summed E-state index contributed by atoms with van der Waals surface area (Å²) in [5.74, 6) is 0. The number of rotatable bonds is 11. The largest absolute Gasteiger partial charge is 0.373 e. The van der Waals surface area contributed by atoms with E-state index in [0.29, 0.717) is 0 Å². The number of hydrogen-bond donors (Lipinski definition) is 1. The monoisotopic (exact) mass is 593 g/mol. The first-order valence-electron chi connectivity index (χ1n) is 16.5. The number of likely N-dealkylation sites (N-methyl/N-ethyl adjacent to an activating group) is 2. The molecule has 0 aliphatic rings. The molecule has 4 rings (SSSR count). The second-order valence-corrected chi connectivity index (χ2v) is 11.9. The van der Waals surface area contributed by atoms with Gasteiger partial charge in [0.15, 0.2) is 0 Å². The van der Waals surface area contributed by atoms with Crippen molar-refractivity contribution < 1.29 is 0 Å². The summed E-state index contributed by atoms with van der Waals surface area (Å²) < 4.78 is 0. The van der Waals surface area contributed by atoms with Gasteiger partial charge in [0.1, 0.15) is 0 Å². The second-order valence-electron chi connectivity index (χ2n) is 11.9. The molecule has 0 fully saturated rings. The molecule has 0 radical (unpaired) electrons. The molecule has 0 amide bonds. The van der Waals surface area contributed by atoms with Crippen molar-refractivity contribution in [2.24, 2.45) is 0 Å². The highest BCUT2D eigenvalue weighted by Crippen LogP contribution is 2.26. The number of benzene rings is 4. The van der Waals surface area contributed by atoms with Gasteiger partial charge >= 0.3 is 0 Å². The van der Waals surface area contributed by atoms with E-state index >= 15 is 0 Å². The van der Waals surface area contributed by atoms with E-state index in [0.717, 1.165) is 45.6 Å². The molecular weight excluding hydrogens is 534 g/mol. The molecule has 0 heterocycles. The molecule has 3 heteroatoms. The van der Waals surface area contributed by atoms with Crippen LogP contribution in [0.15, 0.2) is 84.9 Å². The molecule has 238 valence electrons. The molecule has 0 bridgehead atoms. The average molecular weight is 594 g/mol. The highest BCUT2D eigenvalue weighted by atomic mass is 15.2. The van der Waals surface area contributed by atoms with E-state index in [1.807, 2.05) is 12.1 Å². The SMILES string of the molecule is CCN(CCNCCN(C)c1c(C)cc(C)cc1C)c1c(C)cc(C)cc1C.CCc1ccccc1.CCc1ccccc1. The Morgan fingerprint density at radius 3 is 1.27 bits per heavy atom. The van der Waals surface area contributed by atoms with Crippen LogP contribution in [-0.4, -0.2) is 39.8 Å². The van der Waals surface area contributed by atoms with E-state index < -0.39 is 0 Å². The molecule has 3 nitrogen and oxygen atoms in total. The van der Waals surface area contributed by atoms with Gasteiger partial charge in [0.2, 0.25) is 0 Å². The maximum Gasteiger partial charge on any atom is 0.0426 e. The first kappa shape index (κ1) is 36.6. The Morgan fingerprint density at radius 1 is 0.523 bits per heavy atom. The van der Waals surface area contributed by atoms with Crippen LogP contribution in [0.5, 0.6) is 0 Å². The predicted octanol–water partition coefficient (Wildman–Crippen LogP) is 9.59. The normalized spacial score (nSPS) is 10.3. The minimum Gasteiger partial charge on any atom is -0.373 e. The second kappa shape index (κ2) is 19.7. The zero-order valence-corrected chi connectivity index (χ0v) is 29.4. The zero-order valence-electron chi connectivity index (χ0n) is 29.4. The third-order valence-corrected chi connectivity index (χ3v) is 8.04. The quantitative estimate of drug-likeness (QED) is 0.175. The summed E-state index contributed by atoms with van der Waals surface area (Å²) in [5.41, 5.74) is 13.8. The standard InChI is InChI=1S/C25H39N3.2C8H10/c1-9-28(25-22(6)16-19(3)17-23(25)7)13-11-26-10-12-27(8)24-20(4)14-18(2)15-21(24)5;2*1-2-8-6-4-3-5-7-8/h14-17,26H,9-13H2,1-8H3;2*3-7H,2H2,1H3. The van der Waals surface area contributed by atoms with Gasteiger partial charge in [0.05, 0.1) is 0 Å². The maximum atomic E-state index is 3.64. The van der Waals surface area contributed by atoms with Crippen LogP contribution < -0.4 is 15.1 Å². The van der Waals surface area contributed by atoms with Crippen LogP contribution in [0, 0.1) is 41.5 Å². The average Bonchev–Trinajstić information content (AvgIpc) is 3.00. The van der Waals surface area contributed by atoms with E-state index in [-0.39, 0.29) is 0 Å². The molecule has 0 saturated heterocycles. The Kier molecular flexibility index (Phi) is 16.4. The van der Waals surface area contributed by atoms with Gasteiger partial charge in [-0.15, -0.1) is 0 Å². The summed E-state index contributed by atoms with van der Waals surface area (Å²) in [7, 11) is 2.20. The Balaban J connectivity index is 0.000000339. The molecule has 0 aromatic heterocycles. The van der Waals surface area contributed by atoms with Crippen molar-refractivity contribution in [2.45, 2.75) is 75.2 Å². The van der Waals surface area contributed by atoms with Crippen LogP contribution in [0.2, 0.25) is 0 Å². The summed E-state index contributed by atoms with van der Waals surface area (Å²) in [6.07, 6.45) is 2.28. The van der Waals surface area contributed by atoms with Gasteiger partial charge in [-0.25, -0.2) is 0 Å². The Hall–Kier alpha value is -3.56. The fraction of sp³-hybridized carbons (Fsp3) is 0.415. The molecule has 0 unspecified atom stereocenters. The fourth-order valence-corrected chi connectivity index (χ4v) is 6.00. The zero-order chi connectivity index (χ0) is 32.5. The van der Waals surface area contributed by atoms with Crippen LogP contribution in [-0.2, 0) is 12.8 Å². The fourth-order valence-electron chi connectivity index (χ4n) is 6.00. The number of anilines is 2. The smallest absolute Gasteiger partial charge is 0.0426 e. The van der Waals surface area contributed by atoms with Gasteiger partial charge in [-0.1, -0.05) is 110 Å². The minimum atomic E-state index is 0.993. The first-order chi connectivity index (χ1) is 21.1. The van der Waals surface area contributed by atoms with E-state index in [2.05, 4.69) is 157 Å². The topological polar surface area (TPSA) is 18.5 Å². The van der Waals surface area contributed by atoms with Gasteiger partial charge in [0, 0.05) is 51.1 Å². The van der Waals surface area contributed by atoms with E-state index in [9.17, 15) is 0 Å². The molecule has 4 aromatic carbocycles. The Bertz CT molecular complexity index is 1280. The summed E-state index contributed by atoms with van der Waals surface area (Å²) in [5, 5.41) is 3.64. The highest BCUT2D eigenvalue weighted by Gasteiger charge is 2.12. The van der Waals surface area contributed by atoms with Crippen molar-refractivity contribution in [1.29, 1.82) is 0 Å².